The van der Waals surface area contributed by atoms with E-state index in [0.29, 0.717) is 0 Å². The molecule has 1 saturated heterocycles. The molecule has 1 fully saturated rings. The number of nitrogens with one attached hydrogen (secondary N) is 1. The molecule has 2 rings (SSSR count). The monoisotopic (exact) mass is 195 g/mol. The van der Waals surface area contributed by atoms with E-state index in [1.165, 1.54) is 0 Å². The van der Waals surface area contributed by atoms with Crippen LogP contribution >= 0.6 is 0 Å². The minimum absolute atomic E-state index is 0.213. The van der Waals surface area contributed by atoms with Crippen molar-refractivity contribution in [2.75, 3.05) is 6.54 Å². The van der Waals surface area contributed by atoms with Gasteiger partial charge in [0.15, 0.2) is 0 Å². The molecule has 4 heteroatoms. The van der Waals surface area contributed by atoms with Gasteiger partial charge in [0, 0.05) is 24.3 Å². The number of hydrogen-bond acceptors (Lipinski definition) is 3. The Hall–Kier alpha value is -0.870. The Morgan fingerprint density at radius 3 is 3.21 bits per heavy atom. The molecule has 2 atom stereocenters. The predicted molar refractivity (Wildman–Crippen MR) is 53.9 cm³/mol. The number of aromatic nitrogens is 2. The maximum Gasteiger partial charge on any atom is 0.0973 e. The number of aliphatic hydroxyl groups is 1. The molecule has 2 heterocycles. The summed E-state index contributed by atoms with van der Waals surface area (Å²) < 4.78 is 1.84. The Labute approximate surface area is 83.9 Å². The molecule has 0 saturated carbocycles. The summed E-state index contributed by atoms with van der Waals surface area (Å²) in [5, 5.41) is 17.5. The normalized spacial score (nSPS) is 24.0. The number of rotatable bonds is 3. The van der Waals surface area contributed by atoms with Crippen molar-refractivity contribution in [2.45, 2.75) is 38.5 Å². The van der Waals surface area contributed by atoms with Crippen LogP contribution in [-0.4, -0.2) is 27.5 Å². The second-order valence-corrected chi connectivity index (χ2v) is 3.78. The third-order valence-electron chi connectivity index (χ3n) is 2.80. The van der Waals surface area contributed by atoms with E-state index in [9.17, 15) is 5.11 Å². The predicted octanol–water partition coefficient (Wildman–Crippen LogP) is 0.688. The molecule has 1 aromatic rings. The zero-order valence-corrected chi connectivity index (χ0v) is 8.48. The quantitative estimate of drug-likeness (QED) is 0.746. The average Bonchev–Trinajstić information content (AvgIpc) is 2.88. The van der Waals surface area contributed by atoms with Crippen molar-refractivity contribution < 1.29 is 5.11 Å². The highest BCUT2D eigenvalue weighted by Crippen LogP contribution is 2.22. The molecule has 4 nitrogen and oxygen atoms in total. The van der Waals surface area contributed by atoms with Gasteiger partial charge in [0.1, 0.15) is 0 Å². The maximum absolute atomic E-state index is 10.0. The third-order valence-corrected chi connectivity index (χ3v) is 2.80. The van der Waals surface area contributed by atoms with Gasteiger partial charge in [-0.25, -0.2) is 0 Å². The first-order chi connectivity index (χ1) is 6.81. The van der Waals surface area contributed by atoms with Crippen LogP contribution in [0.3, 0.4) is 0 Å². The molecular weight excluding hydrogens is 178 g/mol. The van der Waals surface area contributed by atoms with Crippen LogP contribution < -0.4 is 5.32 Å². The molecule has 1 aliphatic rings. The summed E-state index contributed by atoms with van der Waals surface area (Å²) in [5.41, 5.74) is 0.922. The van der Waals surface area contributed by atoms with Crippen LogP contribution in [0.25, 0.3) is 0 Å². The Kier molecular flexibility index (Phi) is 2.84. The fourth-order valence-electron chi connectivity index (χ4n) is 1.92. The fourth-order valence-corrected chi connectivity index (χ4v) is 1.92. The minimum atomic E-state index is -0.405. The average molecular weight is 195 g/mol. The standard InChI is InChI=1S/C10H17N3O/c1-2-13-7-8(6-12-13)10(14)9-4-3-5-11-9/h6-7,9-11,14H,2-5H2,1H3. The lowest BCUT2D eigenvalue weighted by atomic mass is 10.0. The van der Waals surface area contributed by atoms with Gasteiger partial charge in [-0.15, -0.1) is 0 Å². The van der Waals surface area contributed by atoms with Crippen LogP contribution in [-0.2, 0) is 6.54 Å². The van der Waals surface area contributed by atoms with Gasteiger partial charge in [-0.2, -0.15) is 5.10 Å². The van der Waals surface area contributed by atoms with Gasteiger partial charge >= 0.3 is 0 Å². The molecule has 0 bridgehead atoms. The number of hydrogen-bond donors (Lipinski definition) is 2. The van der Waals surface area contributed by atoms with E-state index in [4.69, 9.17) is 0 Å². The van der Waals surface area contributed by atoms with Gasteiger partial charge in [-0.3, -0.25) is 4.68 Å². The number of aliphatic hydroxyl groups excluding tert-OH is 1. The first-order valence-corrected chi connectivity index (χ1v) is 5.25. The van der Waals surface area contributed by atoms with Crippen LogP contribution in [0.15, 0.2) is 12.4 Å². The molecular formula is C10H17N3O. The highest BCUT2D eigenvalue weighted by Gasteiger charge is 2.24. The summed E-state index contributed by atoms with van der Waals surface area (Å²) in [6.07, 6.45) is 5.49. The van der Waals surface area contributed by atoms with Gasteiger partial charge in [-0.1, -0.05) is 0 Å². The molecule has 78 valence electrons. The lowest BCUT2D eigenvalue weighted by Crippen LogP contribution is -2.28. The van der Waals surface area contributed by atoms with Crippen LogP contribution in [0.4, 0.5) is 0 Å². The molecule has 0 aromatic carbocycles. The van der Waals surface area contributed by atoms with Crippen molar-refractivity contribution in [1.29, 1.82) is 0 Å². The van der Waals surface area contributed by atoms with Crippen LogP contribution in [0.5, 0.6) is 0 Å². The van der Waals surface area contributed by atoms with Crippen molar-refractivity contribution in [1.82, 2.24) is 15.1 Å². The van der Waals surface area contributed by atoms with Crippen LogP contribution in [0.1, 0.15) is 31.4 Å². The number of aryl methyl sites for hydroxylation is 1. The van der Waals surface area contributed by atoms with Gasteiger partial charge in [0.2, 0.25) is 0 Å². The van der Waals surface area contributed by atoms with Gasteiger partial charge in [-0.05, 0) is 26.3 Å². The van der Waals surface area contributed by atoms with E-state index in [1.54, 1.807) is 6.20 Å². The van der Waals surface area contributed by atoms with Crippen molar-refractivity contribution in [3.05, 3.63) is 18.0 Å². The third kappa shape index (κ3) is 1.81. The Morgan fingerprint density at radius 1 is 1.79 bits per heavy atom. The Bertz CT molecular complexity index is 291. The van der Waals surface area contributed by atoms with Crippen molar-refractivity contribution in [2.24, 2.45) is 0 Å². The van der Waals surface area contributed by atoms with E-state index >= 15 is 0 Å². The molecule has 14 heavy (non-hydrogen) atoms. The van der Waals surface area contributed by atoms with Crippen LogP contribution in [0, 0.1) is 0 Å². The Balaban J connectivity index is 2.05. The van der Waals surface area contributed by atoms with Gasteiger partial charge in [0.05, 0.1) is 12.3 Å². The molecule has 0 aliphatic carbocycles. The topological polar surface area (TPSA) is 50.1 Å². The summed E-state index contributed by atoms with van der Waals surface area (Å²) in [4.78, 5) is 0. The lowest BCUT2D eigenvalue weighted by Gasteiger charge is -2.16. The van der Waals surface area contributed by atoms with E-state index in [-0.39, 0.29) is 6.04 Å². The molecule has 0 amide bonds. The van der Waals surface area contributed by atoms with Crippen molar-refractivity contribution in [3.63, 3.8) is 0 Å². The fraction of sp³-hybridized carbons (Fsp3) is 0.700. The first-order valence-electron chi connectivity index (χ1n) is 5.25. The van der Waals surface area contributed by atoms with E-state index in [0.717, 1.165) is 31.5 Å². The minimum Gasteiger partial charge on any atom is -0.387 e. The van der Waals surface area contributed by atoms with Gasteiger partial charge < -0.3 is 10.4 Å². The Morgan fingerprint density at radius 2 is 2.64 bits per heavy atom. The van der Waals surface area contributed by atoms with E-state index in [2.05, 4.69) is 10.4 Å². The summed E-state index contributed by atoms with van der Waals surface area (Å²) >= 11 is 0. The summed E-state index contributed by atoms with van der Waals surface area (Å²) in [6.45, 7) is 3.91. The molecule has 2 unspecified atom stereocenters. The first kappa shape index (κ1) is 9.68. The summed E-state index contributed by atoms with van der Waals surface area (Å²) in [6, 6.07) is 0.213. The lowest BCUT2D eigenvalue weighted by molar-refractivity contribution is 0.137. The maximum atomic E-state index is 10.0. The van der Waals surface area contributed by atoms with Crippen LogP contribution in [0.2, 0.25) is 0 Å². The van der Waals surface area contributed by atoms with E-state index in [1.807, 2.05) is 17.8 Å². The van der Waals surface area contributed by atoms with E-state index < -0.39 is 6.10 Å². The highest BCUT2D eigenvalue weighted by atomic mass is 16.3. The molecule has 2 N–H and O–H groups in total. The molecule has 0 spiro atoms. The SMILES string of the molecule is CCn1cc(C(O)C2CCCN2)cn1. The van der Waals surface area contributed by atoms with Crippen molar-refractivity contribution in [3.8, 4) is 0 Å². The second kappa shape index (κ2) is 4.11. The highest BCUT2D eigenvalue weighted by molar-refractivity contribution is 5.11. The molecule has 1 aliphatic heterocycles. The summed E-state index contributed by atoms with van der Waals surface area (Å²) in [5.74, 6) is 0. The zero-order chi connectivity index (χ0) is 9.97. The van der Waals surface area contributed by atoms with Crippen molar-refractivity contribution >= 4 is 0 Å². The zero-order valence-electron chi connectivity index (χ0n) is 8.48. The number of nitrogens with zero attached hydrogens (tertiary/aromatic N) is 2. The van der Waals surface area contributed by atoms with Gasteiger partial charge in [0.25, 0.3) is 0 Å². The molecule has 0 radical (unpaired) electrons. The molecule has 1 aromatic heterocycles. The smallest absolute Gasteiger partial charge is 0.0973 e. The second-order valence-electron chi connectivity index (χ2n) is 3.78. The summed E-state index contributed by atoms with van der Waals surface area (Å²) in [7, 11) is 0. The largest absolute Gasteiger partial charge is 0.387 e.